The number of aryl methyl sites for hydroxylation is 1. The van der Waals surface area contributed by atoms with E-state index in [1.54, 1.807) is 6.07 Å². The minimum absolute atomic E-state index is 0.120. The van der Waals surface area contributed by atoms with Crippen molar-refractivity contribution in [2.45, 2.75) is 26.3 Å². The lowest BCUT2D eigenvalue weighted by molar-refractivity contribution is -0.144. The summed E-state index contributed by atoms with van der Waals surface area (Å²) >= 11 is 0. The first-order chi connectivity index (χ1) is 13.4. The number of methoxy groups -OCH3 is 1. The van der Waals surface area contributed by atoms with Gasteiger partial charge in [0.2, 0.25) is 0 Å². The van der Waals surface area contributed by atoms with Gasteiger partial charge in [-0.1, -0.05) is 37.3 Å². The van der Waals surface area contributed by atoms with Crippen LogP contribution in [0.3, 0.4) is 0 Å². The van der Waals surface area contributed by atoms with Crippen LogP contribution in [0.5, 0.6) is 5.75 Å². The van der Waals surface area contributed by atoms with Crippen LogP contribution in [-0.2, 0) is 20.7 Å². The molecule has 0 bridgehead atoms. The largest absolute Gasteiger partial charge is 0.494 e. The van der Waals surface area contributed by atoms with Gasteiger partial charge in [0.1, 0.15) is 0 Å². The quantitative estimate of drug-likeness (QED) is 0.554. The maximum Gasteiger partial charge on any atom is 0.331 e. The van der Waals surface area contributed by atoms with Gasteiger partial charge in [-0.2, -0.15) is 0 Å². The second kappa shape index (κ2) is 10.3. The van der Waals surface area contributed by atoms with Crippen LogP contribution in [0.2, 0.25) is 0 Å². The molecule has 6 heteroatoms. The molecular weight excluding hydrogens is 361 g/mol. The molecule has 1 amide bonds. The number of esters is 1. The first-order valence-electron chi connectivity index (χ1n) is 8.99. The number of rotatable bonds is 8. The van der Waals surface area contributed by atoms with E-state index in [0.29, 0.717) is 5.56 Å². The third kappa shape index (κ3) is 6.23. The molecule has 2 aromatic carbocycles. The second-order valence-corrected chi connectivity index (χ2v) is 6.22. The summed E-state index contributed by atoms with van der Waals surface area (Å²) in [7, 11) is 1.37. The minimum Gasteiger partial charge on any atom is -0.494 e. The van der Waals surface area contributed by atoms with Crippen molar-refractivity contribution in [1.29, 1.82) is 0 Å². The molecule has 148 valence electrons. The number of carbonyl (C=O) groups excluding carboxylic acids is 2. The van der Waals surface area contributed by atoms with E-state index in [0.717, 1.165) is 18.1 Å². The maximum atomic E-state index is 13.6. The summed E-state index contributed by atoms with van der Waals surface area (Å²) in [5.41, 5.74) is 2.67. The lowest BCUT2D eigenvalue weighted by Crippen LogP contribution is -2.30. The van der Waals surface area contributed by atoms with Gasteiger partial charge in [0.25, 0.3) is 5.91 Å². The number of ether oxygens (including phenoxy) is 2. The molecule has 0 saturated heterocycles. The van der Waals surface area contributed by atoms with Crippen molar-refractivity contribution in [3.63, 3.8) is 0 Å². The Kier molecular flexibility index (Phi) is 7.75. The zero-order valence-corrected chi connectivity index (χ0v) is 16.2. The number of amides is 1. The van der Waals surface area contributed by atoms with Gasteiger partial charge in [-0.3, -0.25) is 4.79 Å². The summed E-state index contributed by atoms with van der Waals surface area (Å²) < 4.78 is 23.4. The normalized spacial score (nSPS) is 11.9. The third-order valence-corrected chi connectivity index (χ3v) is 4.20. The summed E-state index contributed by atoms with van der Waals surface area (Å²) in [6.07, 6.45) is 3.50. The first kappa shape index (κ1) is 21.2. The predicted octanol–water partition coefficient (Wildman–Crippen LogP) is 3.83. The molecular formula is C22H24FNO4. The molecule has 5 nitrogen and oxygen atoms in total. The van der Waals surface area contributed by atoms with E-state index in [4.69, 9.17) is 9.47 Å². The lowest BCUT2D eigenvalue weighted by atomic mass is 10.1. The van der Waals surface area contributed by atoms with Gasteiger partial charge in [-0.25, -0.2) is 9.18 Å². The van der Waals surface area contributed by atoms with Crippen LogP contribution in [0.4, 0.5) is 4.39 Å². The van der Waals surface area contributed by atoms with E-state index in [9.17, 15) is 14.0 Å². The average molecular weight is 385 g/mol. The van der Waals surface area contributed by atoms with E-state index < -0.39 is 24.3 Å². The Bertz CT molecular complexity index is 846. The van der Waals surface area contributed by atoms with Crippen LogP contribution in [0, 0.1) is 5.82 Å². The number of carbonyl (C=O) groups is 2. The van der Waals surface area contributed by atoms with Crippen LogP contribution in [0.25, 0.3) is 6.08 Å². The molecule has 2 aromatic rings. The Morgan fingerprint density at radius 3 is 2.50 bits per heavy atom. The number of hydrogen-bond donors (Lipinski definition) is 1. The highest BCUT2D eigenvalue weighted by Crippen LogP contribution is 2.18. The number of hydrogen-bond acceptors (Lipinski definition) is 4. The highest BCUT2D eigenvalue weighted by molar-refractivity contribution is 5.89. The fourth-order valence-electron chi connectivity index (χ4n) is 2.54. The Balaban J connectivity index is 1.81. The fourth-order valence-corrected chi connectivity index (χ4v) is 2.54. The van der Waals surface area contributed by atoms with Gasteiger partial charge in [0.05, 0.1) is 13.2 Å². The van der Waals surface area contributed by atoms with E-state index in [2.05, 4.69) is 12.2 Å². The standard InChI is InChI=1S/C22H24FNO4/c1-4-16-5-9-18(10-6-16)15(2)24-21(25)14-28-22(26)12-8-17-7-11-20(27-3)19(23)13-17/h5-13,15H,4,14H2,1-3H3,(H,24,25)/b12-8+/t15-/m0/s1. The van der Waals surface area contributed by atoms with Crippen molar-refractivity contribution in [2.75, 3.05) is 13.7 Å². The highest BCUT2D eigenvalue weighted by atomic mass is 19.1. The van der Waals surface area contributed by atoms with Crippen LogP contribution in [-0.4, -0.2) is 25.6 Å². The topological polar surface area (TPSA) is 64.6 Å². The summed E-state index contributed by atoms with van der Waals surface area (Å²) in [6.45, 7) is 3.55. The summed E-state index contributed by atoms with van der Waals surface area (Å²) in [4.78, 5) is 23.7. The fraction of sp³-hybridized carbons (Fsp3) is 0.273. The van der Waals surface area contributed by atoms with Crippen LogP contribution in [0.15, 0.2) is 48.5 Å². The first-order valence-corrected chi connectivity index (χ1v) is 8.99. The van der Waals surface area contributed by atoms with E-state index in [1.807, 2.05) is 31.2 Å². The molecule has 1 N–H and O–H groups in total. The molecule has 2 rings (SSSR count). The lowest BCUT2D eigenvalue weighted by Gasteiger charge is -2.14. The third-order valence-electron chi connectivity index (χ3n) is 4.20. The van der Waals surface area contributed by atoms with E-state index >= 15 is 0 Å². The number of halogens is 1. The Morgan fingerprint density at radius 1 is 1.18 bits per heavy atom. The van der Waals surface area contributed by atoms with Crippen LogP contribution in [0.1, 0.15) is 36.6 Å². The van der Waals surface area contributed by atoms with E-state index in [-0.39, 0.29) is 11.8 Å². The number of nitrogens with one attached hydrogen (secondary N) is 1. The van der Waals surface area contributed by atoms with Gasteiger partial charge in [0, 0.05) is 6.08 Å². The predicted molar refractivity (Wildman–Crippen MR) is 105 cm³/mol. The smallest absolute Gasteiger partial charge is 0.331 e. The molecule has 0 unspecified atom stereocenters. The van der Waals surface area contributed by atoms with Crippen LogP contribution >= 0.6 is 0 Å². The van der Waals surface area contributed by atoms with Gasteiger partial charge in [-0.05, 0) is 48.2 Å². The molecule has 0 radical (unpaired) electrons. The number of benzene rings is 2. The molecule has 0 aromatic heterocycles. The molecule has 1 atom stereocenters. The monoisotopic (exact) mass is 385 g/mol. The van der Waals surface area contributed by atoms with Gasteiger partial charge >= 0.3 is 5.97 Å². The maximum absolute atomic E-state index is 13.6. The van der Waals surface area contributed by atoms with Crippen molar-refractivity contribution >= 4 is 18.0 Å². The molecule has 0 spiro atoms. The van der Waals surface area contributed by atoms with Crippen molar-refractivity contribution in [3.8, 4) is 5.75 Å². The second-order valence-electron chi connectivity index (χ2n) is 6.22. The van der Waals surface area contributed by atoms with Crippen molar-refractivity contribution < 1.29 is 23.5 Å². The van der Waals surface area contributed by atoms with Crippen molar-refractivity contribution in [1.82, 2.24) is 5.32 Å². The highest BCUT2D eigenvalue weighted by Gasteiger charge is 2.11. The van der Waals surface area contributed by atoms with Crippen LogP contribution < -0.4 is 10.1 Å². The molecule has 0 aliphatic heterocycles. The SMILES string of the molecule is CCc1ccc([C@H](C)NC(=O)COC(=O)/C=C/c2ccc(OC)c(F)c2)cc1. The minimum atomic E-state index is -0.689. The molecule has 0 fully saturated rings. The zero-order chi connectivity index (χ0) is 20.5. The summed E-state index contributed by atoms with van der Waals surface area (Å²) in [5.74, 6) is -1.50. The Morgan fingerprint density at radius 2 is 1.89 bits per heavy atom. The van der Waals surface area contributed by atoms with Gasteiger partial charge < -0.3 is 14.8 Å². The zero-order valence-electron chi connectivity index (χ0n) is 16.2. The summed E-state index contributed by atoms with van der Waals surface area (Å²) in [5, 5.41) is 2.78. The molecule has 28 heavy (non-hydrogen) atoms. The average Bonchev–Trinajstić information content (AvgIpc) is 2.70. The summed E-state index contributed by atoms with van der Waals surface area (Å²) in [6, 6.07) is 12.1. The Hall–Kier alpha value is -3.15. The molecule has 0 aliphatic rings. The molecule has 0 heterocycles. The van der Waals surface area contributed by atoms with Crippen molar-refractivity contribution in [2.24, 2.45) is 0 Å². The Labute approximate surface area is 164 Å². The molecule has 0 aliphatic carbocycles. The molecule has 0 saturated carbocycles. The van der Waals surface area contributed by atoms with Gasteiger partial charge in [0.15, 0.2) is 18.2 Å². The van der Waals surface area contributed by atoms with Gasteiger partial charge in [-0.15, -0.1) is 0 Å². The van der Waals surface area contributed by atoms with Crippen molar-refractivity contribution in [3.05, 3.63) is 71.0 Å². The van der Waals surface area contributed by atoms with E-state index in [1.165, 1.54) is 30.9 Å².